The molecule has 0 fully saturated rings. The Morgan fingerprint density at radius 2 is 2.00 bits per heavy atom. The van der Waals surface area contributed by atoms with Gasteiger partial charge in [0.1, 0.15) is 5.82 Å². The van der Waals surface area contributed by atoms with E-state index in [9.17, 15) is 4.79 Å². The summed E-state index contributed by atoms with van der Waals surface area (Å²) in [5.74, 6) is 0.958. The normalized spacial score (nSPS) is 11.6. The van der Waals surface area contributed by atoms with Gasteiger partial charge in [0.25, 0.3) is 0 Å². The summed E-state index contributed by atoms with van der Waals surface area (Å²) in [5.41, 5.74) is 1.31. The molecule has 0 aliphatic rings. The summed E-state index contributed by atoms with van der Waals surface area (Å²) in [5, 5.41) is 9.11. The minimum Gasteiger partial charge on any atom is -0.364 e. The zero-order chi connectivity index (χ0) is 14.0. The molecule has 0 aliphatic carbocycles. The maximum atomic E-state index is 11.1. The van der Waals surface area contributed by atoms with Gasteiger partial charge in [0.15, 0.2) is 6.29 Å². The van der Waals surface area contributed by atoms with E-state index in [1.807, 2.05) is 60.8 Å². The number of hydrogen-bond donors (Lipinski definition) is 1. The van der Waals surface area contributed by atoms with E-state index in [1.54, 1.807) is 6.20 Å². The molecule has 0 bridgehead atoms. The van der Waals surface area contributed by atoms with Gasteiger partial charge in [-0.25, -0.2) is 0 Å². The first-order chi connectivity index (χ1) is 9.10. The molecule has 4 nitrogen and oxygen atoms in total. The number of rotatable bonds is 3. The zero-order valence-corrected chi connectivity index (χ0v) is 11.3. The van der Waals surface area contributed by atoms with E-state index < -0.39 is 0 Å². The van der Waals surface area contributed by atoms with Crippen LogP contribution >= 0.6 is 0 Å². The van der Waals surface area contributed by atoms with E-state index in [1.165, 1.54) is 0 Å². The van der Waals surface area contributed by atoms with Crippen LogP contribution in [0.25, 0.3) is 16.7 Å². The first-order valence-electron chi connectivity index (χ1n) is 6.08. The van der Waals surface area contributed by atoms with Crippen molar-refractivity contribution >= 4 is 23.0 Å². The lowest BCUT2D eigenvalue weighted by molar-refractivity contribution is 0.112. The highest BCUT2D eigenvalue weighted by Crippen LogP contribution is 2.17. The molecule has 0 atom stereocenters. The Kier molecular flexibility index (Phi) is 3.51. The van der Waals surface area contributed by atoms with Crippen molar-refractivity contribution < 1.29 is 4.79 Å². The van der Waals surface area contributed by atoms with Gasteiger partial charge in [-0.2, -0.15) is 0 Å². The summed E-state index contributed by atoms with van der Waals surface area (Å²) in [6, 6.07) is 7.63. The molecule has 0 saturated carbocycles. The summed E-state index contributed by atoms with van der Waals surface area (Å²) < 4.78 is 1.94. The average Bonchev–Trinajstić information content (AvgIpc) is 2.42. The first kappa shape index (κ1) is 13.1. The van der Waals surface area contributed by atoms with Crippen LogP contribution in [0.3, 0.4) is 0 Å². The Morgan fingerprint density at radius 1 is 1.32 bits per heavy atom. The van der Waals surface area contributed by atoms with Gasteiger partial charge in [-0.3, -0.25) is 10.2 Å². The predicted octanol–water partition coefficient (Wildman–Crippen LogP) is 2.31. The Labute approximate surface area is 112 Å². The molecule has 19 heavy (non-hydrogen) atoms. The lowest BCUT2D eigenvalue weighted by Crippen LogP contribution is -2.20. The van der Waals surface area contributed by atoms with Gasteiger partial charge >= 0.3 is 0 Å². The van der Waals surface area contributed by atoms with Crippen molar-refractivity contribution in [1.82, 2.24) is 9.47 Å². The molecule has 2 aromatic rings. The smallest absolute Gasteiger partial charge is 0.153 e. The van der Waals surface area contributed by atoms with Crippen molar-refractivity contribution in [3.63, 3.8) is 0 Å². The van der Waals surface area contributed by atoms with Crippen molar-refractivity contribution in [3.8, 4) is 0 Å². The maximum Gasteiger partial charge on any atom is 0.153 e. The molecule has 0 amide bonds. The fourth-order valence-electron chi connectivity index (χ4n) is 2.22. The number of nitrogens with one attached hydrogen (secondary N) is 1. The number of allylic oxidation sites excluding steroid dienone is 1. The molecule has 1 heterocycles. The SMILES string of the molecule is CC=C(N(C)C)n1cc(C=O)c(=N)c2ccccc21. The van der Waals surface area contributed by atoms with Crippen LogP contribution < -0.4 is 5.36 Å². The van der Waals surface area contributed by atoms with Crippen LogP contribution in [0, 0.1) is 5.41 Å². The number of para-hydroxylation sites is 1. The number of aldehydes is 1. The van der Waals surface area contributed by atoms with Gasteiger partial charge in [0, 0.05) is 25.7 Å². The van der Waals surface area contributed by atoms with Crippen LogP contribution in [-0.2, 0) is 0 Å². The van der Waals surface area contributed by atoms with E-state index >= 15 is 0 Å². The Balaban J connectivity index is 2.92. The van der Waals surface area contributed by atoms with Gasteiger partial charge in [-0.05, 0) is 19.1 Å². The predicted molar refractivity (Wildman–Crippen MR) is 76.8 cm³/mol. The molecule has 2 rings (SSSR count). The first-order valence-corrected chi connectivity index (χ1v) is 6.08. The van der Waals surface area contributed by atoms with E-state index in [2.05, 4.69) is 0 Å². The molecular weight excluding hydrogens is 238 g/mol. The van der Waals surface area contributed by atoms with Gasteiger partial charge < -0.3 is 9.47 Å². The van der Waals surface area contributed by atoms with E-state index in [-0.39, 0.29) is 5.36 Å². The number of hydrogen-bond acceptors (Lipinski definition) is 3. The molecule has 0 spiro atoms. The van der Waals surface area contributed by atoms with Crippen molar-refractivity contribution in [3.05, 3.63) is 47.5 Å². The Hall–Kier alpha value is -2.36. The number of pyridine rings is 1. The standard InChI is InChI=1S/C15H17N3O/c1-4-14(17(2)3)18-9-11(10-19)15(16)12-7-5-6-8-13(12)18/h4-10,16H,1-3H3. The van der Waals surface area contributed by atoms with E-state index in [4.69, 9.17) is 5.41 Å². The molecule has 0 unspecified atom stereocenters. The fourth-order valence-corrected chi connectivity index (χ4v) is 2.22. The van der Waals surface area contributed by atoms with Crippen molar-refractivity contribution in [2.24, 2.45) is 0 Å². The maximum absolute atomic E-state index is 11.1. The summed E-state index contributed by atoms with van der Waals surface area (Å²) in [7, 11) is 3.90. The summed E-state index contributed by atoms with van der Waals surface area (Å²) in [6.07, 6.45) is 4.42. The summed E-state index contributed by atoms with van der Waals surface area (Å²) >= 11 is 0. The molecule has 0 saturated heterocycles. The van der Waals surface area contributed by atoms with Crippen molar-refractivity contribution in [2.45, 2.75) is 6.92 Å². The van der Waals surface area contributed by atoms with Crippen molar-refractivity contribution in [1.29, 1.82) is 5.41 Å². The van der Waals surface area contributed by atoms with Gasteiger partial charge in [0.05, 0.1) is 16.4 Å². The highest BCUT2D eigenvalue weighted by molar-refractivity contribution is 5.87. The van der Waals surface area contributed by atoms with Crippen molar-refractivity contribution in [2.75, 3.05) is 14.1 Å². The minimum atomic E-state index is 0.274. The van der Waals surface area contributed by atoms with E-state index in [0.717, 1.165) is 23.0 Å². The molecule has 1 aromatic carbocycles. The second-order valence-corrected chi connectivity index (χ2v) is 4.51. The second-order valence-electron chi connectivity index (χ2n) is 4.51. The molecule has 4 heteroatoms. The summed E-state index contributed by atoms with van der Waals surface area (Å²) in [4.78, 5) is 13.1. The van der Waals surface area contributed by atoms with E-state index in [0.29, 0.717) is 5.56 Å². The van der Waals surface area contributed by atoms with Crippen LogP contribution in [0.15, 0.2) is 36.5 Å². The van der Waals surface area contributed by atoms with Crippen LogP contribution in [0.1, 0.15) is 17.3 Å². The zero-order valence-electron chi connectivity index (χ0n) is 11.3. The molecule has 1 aromatic heterocycles. The number of nitrogens with zero attached hydrogens (tertiary/aromatic N) is 2. The third kappa shape index (κ3) is 2.17. The fraction of sp³-hybridized carbons (Fsp3) is 0.200. The average molecular weight is 255 g/mol. The Bertz CT molecular complexity index is 711. The van der Waals surface area contributed by atoms with Gasteiger partial charge in [-0.1, -0.05) is 18.2 Å². The third-order valence-corrected chi connectivity index (χ3v) is 3.08. The molecule has 0 radical (unpaired) electrons. The molecule has 98 valence electrons. The quantitative estimate of drug-likeness (QED) is 0.856. The topological polar surface area (TPSA) is 49.1 Å². The highest BCUT2D eigenvalue weighted by Gasteiger charge is 2.09. The minimum absolute atomic E-state index is 0.274. The number of carbonyl (C=O) groups excluding carboxylic acids is 1. The third-order valence-electron chi connectivity index (χ3n) is 3.08. The largest absolute Gasteiger partial charge is 0.364 e. The lowest BCUT2D eigenvalue weighted by atomic mass is 10.1. The molecular formula is C15H17N3O. The Morgan fingerprint density at radius 3 is 2.58 bits per heavy atom. The molecule has 0 aliphatic heterocycles. The van der Waals surface area contributed by atoms with Crippen LogP contribution in [0.4, 0.5) is 0 Å². The highest BCUT2D eigenvalue weighted by atomic mass is 16.1. The molecule has 1 N–H and O–H groups in total. The second kappa shape index (κ2) is 5.10. The van der Waals surface area contributed by atoms with Crippen LogP contribution in [-0.4, -0.2) is 29.8 Å². The van der Waals surface area contributed by atoms with Crippen LogP contribution in [0.5, 0.6) is 0 Å². The monoisotopic (exact) mass is 255 g/mol. The van der Waals surface area contributed by atoms with Gasteiger partial charge in [0.2, 0.25) is 0 Å². The number of fused-ring (bicyclic) bond motifs is 1. The number of carbonyl (C=O) groups is 1. The number of aromatic nitrogens is 1. The van der Waals surface area contributed by atoms with Gasteiger partial charge in [-0.15, -0.1) is 0 Å². The summed E-state index contributed by atoms with van der Waals surface area (Å²) in [6.45, 7) is 1.95. The lowest BCUT2D eigenvalue weighted by Gasteiger charge is -2.22. The van der Waals surface area contributed by atoms with Crippen LogP contribution in [0.2, 0.25) is 0 Å². The number of benzene rings is 1.